The minimum Gasteiger partial charge on any atom is -0.497 e. The Balaban J connectivity index is 1.62. The van der Waals surface area contributed by atoms with Crippen molar-refractivity contribution in [2.75, 3.05) is 25.2 Å². The molecule has 1 N–H and O–H groups in total. The standard InChI is InChI=1S/C29H33N3O5S/c1-18-27(38-19(2)30-18)29(34)32(22-11-14-24-25(17-22)37-16-15-36-24)26(20-9-12-23(35-3)13-10-20)28(33)31-21-7-5-4-6-8-21/h9-14,17,21,26H,4-8,15-16H2,1-3H3,(H,31,33)/t26-/m0/s1. The van der Waals surface area contributed by atoms with Gasteiger partial charge < -0.3 is 19.5 Å². The van der Waals surface area contributed by atoms with E-state index in [2.05, 4.69) is 10.3 Å². The molecule has 2 heterocycles. The van der Waals surface area contributed by atoms with E-state index in [9.17, 15) is 9.59 Å². The van der Waals surface area contributed by atoms with Gasteiger partial charge in [0, 0.05) is 17.8 Å². The Hall–Kier alpha value is -3.59. The van der Waals surface area contributed by atoms with Crippen LogP contribution in [-0.2, 0) is 4.79 Å². The van der Waals surface area contributed by atoms with Crippen LogP contribution in [0.3, 0.4) is 0 Å². The highest BCUT2D eigenvalue weighted by molar-refractivity contribution is 7.13. The Labute approximate surface area is 226 Å². The van der Waals surface area contributed by atoms with Crippen molar-refractivity contribution in [1.29, 1.82) is 0 Å². The molecular formula is C29H33N3O5S. The smallest absolute Gasteiger partial charge is 0.271 e. The van der Waals surface area contributed by atoms with E-state index in [0.717, 1.165) is 30.7 Å². The second kappa shape index (κ2) is 11.4. The zero-order valence-corrected chi connectivity index (χ0v) is 22.8. The normalized spacial score (nSPS) is 16.0. The quantitative estimate of drug-likeness (QED) is 0.437. The minimum absolute atomic E-state index is 0.0848. The molecule has 1 aromatic heterocycles. The van der Waals surface area contributed by atoms with Gasteiger partial charge in [-0.15, -0.1) is 11.3 Å². The number of thiazole rings is 1. The van der Waals surface area contributed by atoms with Gasteiger partial charge in [0.05, 0.1) is 17.8 Å². The van der Waals surface area contributed by atoms with E-state index in [1.165, 1.54) is 17.8 Å². The van der Waals surface area contributed by atoms with E-state index in [4.69, 9.17) is 14.2 Å². The Morgan fingerprint density at radius 2 is 1.74 bits per heavy atom. The number of aromatic nitrogens is 1. The number of methoxy groups -OCH3 is 1. The summed E-state index contributed by atoms with van der Waals surface area (Å²) in [5.41, 5.74) is 1.87. The molecule has 200 valence electrons. The van der Waals surface area contributed by atoms with Crippen molar-refractivity contribution >= 4 is 28.8 Å². The summed E-state index contributed by atoms with van der Waals surface area (Å²) in [6.07, 6.45) is 5.23. The number of ether oxygens (including phenoxy) is 3. The lowest BCUT2D eigenvalue weighted by Gasteiger charge is -2.34. The first-order valence-electron chi connectivity index (χ1n) is 13.1. The maximum Gasteiger partial charge on any atom is 0.271 e. The molecular weight excluding hydrogens is 502 g/mol. The van der Waals surface area contributed by atoms with Crippen molar-refractivity contribution in [1.82, 2.24) is 10.3 Å². The number of rotatable bonds is 7. The fourth-order valence-corrected chi connectivity index (χ4v) is 5.99. The van der Waals surface area contributed by atoms with Crippen LogP contribution in [0.25, 0.3) is 0 Å². The number of benzene rings is 2. The van der Waals surface area contributed by atoms with Crippen LogP contribution in [-0.4, -0.2) is 43.2 Å². The first-order chi connectivity index (χ1) is 18.4. The number of hydrogen-bond acceptors (Lipinski definition) is 7. The molecule has 8 nitrogen and oxygen atoms in total. The van der Waals surface area contributed by atoms with Gasteiger partial charge in [-0.05, 0) is 56.5 Å². The van der Waals surface area contributed by atoms with Crippen molar-refractivity contribution in [3.05, 3.63) is 63.6 Å². The Morgan fingerprint density at radius 3 is 2.39 bits per heavy atom. The van der Waals surface area contributed by atoms with E-state index in [1.54, 1.807) is 30.2 Å². The van der Waals surface area contributed by atoms with E-state index in [-0.39, 0.29) is 17.9 Å². The average Bonchev–Trinajstić information content (AvgIpc) is 3.29. The summed E-state index contributed by atoms with van der Waals surface area (Å²) in [6.45, 7) is 4.58. The number of hydrogen-bond donors (Lipinski definition) is 1. The fraction of sp³-hybridized carbons (Fsp3) is 0.414. The van der Waals surface area contributed by atoms with Crippen LogP contribution >= 0.6 is 11.3 Å². The van der Waals surface area contributed by atoms with Gasteiger partial charge >= 0.3 is 0 Å². The highest BCUT2D eigenvalue weighted by atomic mass is 32.1. The third-order valence-corrected chi connectivity index (χ3v) is 8.07. The molecule has 1 atom stereocenters. The SMILES string of the molecule is COc1ccc([C@@H](C(=O)NC2CCCCC2)N(C(=O)c2sc(C)nc2C)c2ccc3c(c2)OCCO3)cc1. The fourth-order valence-electron chi connectivity index (χ4n) is 5.14. The van der Waals surface area contributed by atoms with Gasteiger partial charge in [0.25, 0.3) is 5.91 Å². The van der Waals surface area contributed by atoms with E-state index >= 15 is 0 Å². The summed E-state index contributed by atoms with van der Waals surface area (Å²) in [5, 5.41) is 4.04. The second-order valence-electron chi connectivity index (χ2n) is 9.67. The molecule has 2 amide bonds. The highest BCUT2D eigenvalue weighted by Gasteiger charge is 2.36. The van der Waals surface area contributed by atoms with Crippen molar-refractivity contribution in [3.63, 3.8) is 0 Å². The lowest BCUT2D eigenvalue weighted by Crippen LogP contribution is -2.47. The van der Waals surface area contributed by atoms with Crippen molar-refractivity contribution in [2.45, 2.75) is 58.0 Å². The highest BCUT2D eigenvalue weighted by Crippen LogP contribution is 2.39. The molecule has 9 heteroatoms. The maximum absolute atomic E-state index is 14.3. The van der Waals surface area contributed by atoms with Crippen molar-refractivity contribution in [2.24, 2.45) is 0 Å². The summed E-state index contributed by atoms with van der Waals surface area (Å²) >= 11 is 1.33. The van der Waals surface area contributed by atoms with Crippen LogP contribution < -0.4 is 24.4 Å². The Kier molecular flexibility index (Phi) is 7.83. The first kappa shape index (κ1) is 26.0. The topological polar surface area (TPSA) is 90.0 Å². The molecule has 38 heavy (non-hydrogen) atoms. The number of carbonyl (C=O) groups is 2. The van der Waals surface area contributed by atoms with Gasteiger partial charge in [-0.25, -0.2) is 4.98 Å². The Bertz CT molecular complexity index is 1300. The lowest BCUT2D eigenvalue weighted by atomic mass is 9.94. The molecule has 0 unspecified atom stereocenters. The summed E-state index contributed by atoms with van der Waals surface area (Å²) in [6, 6.07) is 11.8. The van der Waals surface area contributed by atoms with Crippen LogP contribution in [0.4, 0.5) is 5.69 Å². The van der Waals surface area contributed by atoms with Gasteiger partial charge in [-0.3, -0.25) is 14.5 Å². The van der Waals surface area contributed by atoms with Crippen LogP contribution in [0.2, 0.25) is 0 Å². The number of nitrogens with zero attached hydrogens (tertiary/aromatic N) is 2. The molecule has 1 aliphatic carbocycles. The number of amides is 2. The number of fused-ring (bicyclic) bond motifs is 1. The van der Waals surface area contributed by atoms with Crippen LogP contribution in [0.15, 0.2) is 42.5 Å². The van der Waals surface area contributed by atoms with Crippen LogP contribution in [0.5, 0.6) is 17.2 Å². The number of anilines is 1. The predicted molar refractivity (Wildman–Crippen MR) is 147 cm³/mol. The van der Waals surface area contributed by atoms with E-state index in [1.807, 2.05) is 38.1 Å². The van der Waals surface area contributed by atoms with Gasteiger partial charge in [0.2, 0.25) is 5.91 Å². The van der Waals surface area contributed by atoms with Crippen LogP contribution in [0.1, 0.15) is 64.1 Å². The van der Waals surface area contributed by atoms with E-state index < -0.39 is 6.04 Å². The third kappa shape index (κ3) is 5.48. The zero-order chi connectivity index (χ0) is 26.6. The van der Waals surface area contributed by atoms with Gasteiger partial charge in [-0.2, -0.15) is 0 Å². The molecule has 1 aliphatic heterocycles. The largest absolute Gasteiger partial charge is 0.497 e. The molecule has 2 aliphatic rings. The van der Waals surface area contributed by atoms with Crippen molar-refractivity contribution < 1.29 is 23.8 Å². The average molecular weight is 536 g/mol. The summed E-state index contributed by atoms with van der Waals surface area (Å²) in [5.74, 6) is 1.33. The molecule has 1 saturated carbocycles. The molecule has 3 aromatic rings. The summed E-state index contributed by atoms with van der Waals surface area (Å²) in [7, 11) is 1.60. The number of nitrogens with one attached hydrogen (secondary N) is 1. The Morgan fingerprint density at radius 1 is 1.03 bits per heavy atom. The molecule has 0 bridgehead atoms. The molecule has 2 aromatic carbocycles. The number of aryl methyl sites for hydroxylation is 2. The second-order valence-corrected chi connectivity index (χ2v) is 10.9. The monoisotopic (exact) mass is 535 g/mol. The molecule has 1 fully saturated rings. The molecule has 0 radical (unpaired) electrons. The molecule has 5 rings (SSSR count). The van der Waals surface area contributed by atoms with Crippen molar-refractivity contribution in [3.8, 4) is 17.2 Å². The third-order valence-electron chi connectivity index (χ3n) is 7.01. The number of carbonyl (C=O) groups excluding carboxylic acids is 2. The van der Waals surface area contributed by atoms with E-state index in [0.29, 0.717) is 52.3 Å². The van der Waals surface area contributed by atoms with Gasteiger partial charge in [0.1, 0.15) is 29.9 Å². The maximum atomic E-state index is 14.3. The van der Waals surface area contributed by atoms with Gasteiger partial charge in [-0.1, -0.05) is 31.4 Å². The minimum atomic E-state index is -0.917. The summed E-state index contributed by atoms with van der Waals surface area (Å²) < 4.78 is 16.9. The molecule has 0 spiro atoms. The predicted octanol–water partition coefficient (Wildman–Crippen LogP) is 5.38. The molecule has 0 saturated heterocycles. The van der Waals surface area contributed by atoms with Gasteiger partial charge in [0.15, 0.2) is 11.5 Å². The lowest BCUT2D eigenvalue weighted by molar-refractivity contribution is -0.123. The summed E-state index contributed by atoms with van der Waals surface area (Å²) in [4.78, 5) is 34.9. The zero-order valence-electron chi connectivity index (χ0n) is 22.0. The van der Waals surface area contributed by atoms with Crippen LogP contribution in [0, 0.1) is 13.8 Å². The first-order valence-corrected chi connectivity index (χ1v) is 13.9.